The Morgan fingerprint density at radius 3 is 2.69 bits per heavy atom. The van der Waals surface area contributed by atoms with Crippen LogP contribution in [-0.2, 0) is 13.0 Å². The van der Waals surface area contributed by atoms with Gasteiger partial charge in [0.25, 0.3) is 0 Å². The molecule has 2 rings (SSSR count). The van der Waals surface area contributed by atoms with Gasteiger partial charge in [0.05, 0.1) is 0 Å². The van der Waals surface area contributed by atoms with Crippen molar-refractivity contribution in [2.24, 2.45) is 0 Å². The van der Waals surface area contributed by atoms with E-state index in [1.165, 1.54) is 35.7 Å². The molecule has 0 saturated carbocycles. The average molecular weight is 215 g/mol. The first kappa shape index (κ1) is 11.3. The van der Waals surface area contributed by atoms with Crippen LogP contribution in [0.2, 0.25) is 0 Å². The van der Waals surface area contributed by atoms with Crippen molar-refractivity contribution in [1.82, 2.24) is 4.57 Å². The molecule has 1 heterocycles. The number of unbranched alkanes of at least 4 members (excludes halogenated alkanes) is 2. The zero-order valence-electron chi connectivity index (χ0n) is 10.4. The Kier molecular flexibility index (Phi) is 3.66. The van der Waals surface area contributed by atoms with Crippen LogP contribution in [0.3, 0.4) is 0 Å². The topological polar surface area (TPSA) is 4.93 Å². The molecule has 0 bridgehead atoms. The van der Waals surface area contributed by atoms with Crippen LogP contribution in [0.5, 0.6) is 0 Å². The Bertz CT molecular complexity index is 453. The van der Waals surface area contributed by atoms with Crippen molar-refractivity contribution in [3.8, 4) is 0 Å². The molecular formula is C15H21N. The molecule has 16 heavy (non-hydrogen) atoms. The summed E-state index contributed by atoms with van der Waals surface area (Å²) in [4.78, 5) is 0. The molecule has 0 N–H and O–H groups in total. The predicted molar refractivity (Wildman–Crippen MR) is 70.8 cm³/mol. The maximum absolute atomic E-state index is 2.38. The van der Waals surface area contributed by atoms with E-state index in [0.717, 1.165) is 13.0 Å². The molecule has 0 aliphatic heterocycles. The number of fused-ring (bicyclic) bond motifs is 1. The second-order valence-corrected chi connectivity index (χ2v) is 4.46. The molecule has 1 aromatic carbocycles. The van der Waals surface area contributed by atoms with Crippen LogP contribution in [0.1, 0.15) is 38.7 Å². The maximum Gasteiger partial charge on any atom is 0.0480 e. The van der Waals surface area contributed by atoms with E-state index in [0.29, 0.717) is 0 Å². The molecule has 0 saturated heterocycles. The fourth-order valence-corrected chi connectivity index (χ4v) is 2.20. The van der Waals surface area contributed by atoms with Gasteiger partial charge < -0.3 is 4.57 Å². The zero-order chi connectivity index (χ0) is 11.4. The van der Waals surface area contributed by atoms with Gasteiger partial charge in [0.2, 0.25) is 0 Å². The largest absolute Gasteiger partial charge is 0.347 e. The number of aromatic nitrogens is 1. The first-order chi connectivity index (χ1) is 7.85. The highest BCUT2D eigenvalue weighted by atomic mass is 14.9. The smallest absolute Gasteiger partial charge is 0.0480 e. The van der Waals surface area contributed by atoms with Gasteiger partial charge in [0, 0.05) is 18.3 Å². The van der Waals surface area contributed by atoms with Gasteiger partial charge in [-0.05, 0) is 42.0 Å². The standard InChI is InChI=1S/C15H21N/c1-3-5-6-10-16-11-9-14-12-13(4-2)7-8-15(14)16/h7-9,11-12H,3-6,10H2,1-2H3. The van der Waals surface area contributed by atoms with E-state index >= 15 is 0 Å². The normalized spacial score (nSPS) is 11.1. The monoisotopic (exact) mass is 215 g/mol. The predicted octanol–water partition coefficient (Wildman–Crippen LogP) is 4.39. The highest BCUT2D eigenvalue weighted by molar-refractivity contribution is 5.80. The van der Waals surface area contributed by atoms with Crippen molar-refractivity contribution in [3.05, 3.63) is 36.0 Å². The van der Waals surface area contributed by atoms with Crippen LogP contribution in [0.15, 0.2) is 30.5 Å². The van der Waals surface area contributed by atoms with Crippen molar-refractivity contribution in [1.29, 1.82) is 0 Å². The molecule has 0 atom stereocenters. The molecule has 1 aromatic heterocycles. The van der Waals surface area contributed by atoms with Gasteiger partial charge in [0.1, 0.15) is 0 Å². The highest BCUT2D eigenvalue weighted by Gasteiger charge is 2.01. The Morgan fingerprint density at radius 2 is 1.94 bits per heavy atom. The molecule has 1 heteroatoms. The van der Waals surface area contributed by atoms with Gasteiger partial charge in [0.15, 0.2) is 0 Å². The number of hydrogen-bond acceptors (Lipinski definition) is 0. The fraction of sp³-hybridized carbons (Fsp3) is 0.467. The van der Waals surface area contributed by atoms with Gasteiger partial charge in [-0.1, -0.05) is 32.8 Å². The fourth-order valence-electron chi connectivity index (χ4n) is 2.20. The number of benzene rings is 1. The van der Waals surface area contributed by atoms with Crippen LogP contribution < -0.4 is 0 Å². The molecule has 2 aromatic rings. The Balaban J connectivity index is 2.20. The minimum atomic E-state index is 1.12. The van der Waals surface area contributed by atoms with E-state index in [-0.39, 0.29) is 0 Å². The molecule has 1 nitrogen and oxygen atoms in total. The molecule has 86 valence electrons. The van der Waals surface area contributed by atoms with Crippen molar-refractivity contribution in [2.75, 3.05) is 0 Å². The summed E-state index contributed by atoms with van der Waals surface area (Å²) >= 11 is 0. The summed E-state index contributed by atoms with van der Waals surface area (Å²) in [5.41, 5.74) is 2.81. The summed E-state index contributed by atoms with van der Waals surface area (Å²) in [5, 5.41) is 1.39. The summed E-state index contributed by atoms with van der Waals surface area (Å²) in [5.74, 6) is 0. The molecule has 0 radical (unpaired) electrons. The van der Waals surface area contributed by atoms with Crippen LogP contribution in [-0.4, -0.2) is 4.57 Å². The van der Waals surface area contributed by atoms with E-state index in [9.17, 15) is 0 Å². The molecular weight excluding hydrogens is 194 g/mol. The molecule has 0 unspecified atom stereocenters. The van der Waals surface area contributed by atoms with Crippen LogP contribution >= 0.6 is 0 Å². The van der Waals surface area contributed by atoms with E-state index in [1.54, 1.807) is 0 Å². The van der Waals surface area contributed by atoms with E-state index < -0.39 is 0 Å². The minimum absolute atomic E-state index is 1.12. The first-order valence-electron chi connectivity index (χ1n) is 6.43. The van der Waals surface area contributed by atoms with Crippen molar-refractivity contribution in [3.63, 3.8) is 0 Å². The van der Waals surface area contributed by atoms with Gasteiger partial charge in [-0.2, -0.15) is 0 Å². The Morgan fingerprint density at radius 1 is 1.06 bits per heavy atom. The number of rotatable bonds is 5. The Labute approximate surface area is 98.1 Å². The van der Waals surface area contributed by atoms with Crippen LogP contribution in [0.25, 0.3) is 10.9 Å². The van der Waals surface area contributed by atoms with E-state index in [1.807, 2.05) is 0 Å². The maximum atomic E-state index is 2.38. The summed E-state index contributed by atoms with van der Waals surface area (Å²) in [6.07, 6.45) is 7.25. The summed E-state index contributed by atoms with van der Waals surface area (Å²) in [7, 11) is 0. The SMILES string of the molecule is CCCCCn1ccc2cc(CC)ccc21. The molecule has 0 aliphatic rings. The summed E-state index contributed by atoms with van der Waals surface area (Å²) in [6, 6.07) is 9.06. The Hall–Kier alpha value is -1.24. The van der Waals surface area contributed by atoms with Crippen molar-refractivity contribution < 1.29 is 0 Å². The molecule has 0 aliphatic carbocycles. The zero-order valence-corrected chi connectivity index (χ0v) is 10.4. The quantitative estimate of drug-likeness (QED) is 0.652. The summed E-state index contributed by atoms with van der Waals surface area (Å²) in [6.45, 7) is 5.61. The van der Waals surface area contributed by atoms with Crippen molar-refractivity contribution in [2.45, 2.75) is 46.1 Å². The number of nitrogens with zero attached hydrogens (tertiary/aromatic N) is 1. The van der Waals surface area contributed by atoms with Crippen LogP contribution in [0.4, 0.5) is 0 Å². The van der Waals surface area contributed by atoms with Gasteiger partial charge in [-0.25, -0.2) is 0 Å². The summed E-state index contributed by atoms with van der Waals surface area (Å²) < 4.78 is 2.38. The van der Waals surface area contributed by atoms with Crippen molar-refractivity contribution >= 4 is 10.9 Å². The molecule has 0 spiro atoms. The average Bonchev–Trinajstić information content (AvgIpc) is 2.72. The lowest BCUT2D eigenvalue weighted by atomic mass is 10.1. The third kappa shape index (κ3) is 2.29. The number of aryl methyl sites for hydroxylation is 2. The third-order valence-corrected chi connectivity index (χ3v) is 3.25. The second kappa shape index (κ2) is 5.20. The van der Waals surface area contributed by atoms with Gasteiger partial charge in [-0.3, -0.25) is 0 Å². The number of hydrogen-bond donors (Lipinski definition) is 0. The lowest BCUT2D eigenvalue weighted by Gasteiger charge is -2.05. The van der Waals surface area contributed by atoms with Crippen LogP contribution in [0, 0.1) is 0 Å². The molecule has 0 fully saturated rings. The lowest BCUT2D eigenvalue weighted by Crippen LogP contribution is -1.95. The van der Waals surface area contributed by atoms with Gasteiger partial charge >= 0.3 is 0 Å². The van der Waals surface area contributed by atoms with E-state index in [4.69, 9.17) is 0 Å². The first-order valence-corrected chi connectivity index (χ1v) is 6.43. The minimum Gasteiger partial charge on any atom is -0.347 e. The third-order valence-electron chi connectivity index (χ3n) is 3.25. The molecule has 0 amide bonds. The van der Waals surface area contributed by atoms with Gasteiger partial charge in [-0.15, -0.1) is 0 Å². The lowest BCUT2D eigenvalue weighted by molar-refractivity contribution is 0.616. The van der Waals surface area contributed by atoms with E-state index in [2.05, 4.69) is 48.9 Å². The second-order valence-electron chi connectivity index (χ2n) is 4.46. The highest BCUT2D eigenvalue weighted by Crippen LogP contribution is 2.18.